The second-order valence-corrected chi connectivity index (χ2v) is 5.44. The van der Waals surface area contributed by atoms with Gasteiger partial charge in [0.25, 0.3) is 0 Å². The molecule has 1 rings (SSSR count). The summed E-state index contributed by atoms with van der Waals surface area (Å²) in [6.07, 6.45) is 10.9. The number of methoxy groups -OCH3 is 1. The van der Waals surface area contributed by atoms with Crippen molar-refractivity contribution in [3.8, 4) is 0 Å². The molecule has 2 unspecified atom stereocenters. The summed E-state index contributed by atoms with van der Waals surface area (Å²) >= 11 is 0. The minimum absolute atomic E-state index is 0.110. The molecular formula is C15H24O3. The van der Waals surface area contributed by atoms with Crippen LogP contribution in [0.25, 0.3) is 0 Å². The largest absolute Gasteiger partial charge is 0.466 e. The average molecular weight is 252 g/mol. The van der Waals surface area contributed by atoms with Gasteiger partial charge in [0, 0.05) is 6.08 Å². The number of allylic oxidation sites excluding steroid dienone is 3. The van der Waals surface area contributed by atoms with Crippen LogP contribution in [-0.2, 0) is 14.3 Å². The molecule has 0 bridgehead atoms. The Morgan fingerprint density at radius 3 is 2.67 bits per heavy atom. The van der Waals surface area contributed by atoms with E-state index < -0.39 is 0 Å². The molecule has 0 N–H and O–H groups in total. The van der Waals surface area contributed by atoms with E-state index in [2.05, 4.69) is 31.6 Å². The Hall–Kier alpha value is -1.09. The second kappa shape index (κ2) is 6.74. The fourth-order valence-electron chi connectivity index (χ4n) is 1.88. The van der Waals surface area contributed by atoms with Gasteiger partial charge in [0.05, 0.1) is 18.8 Å². The molecule has 0 aromatic heterocycles. The van der Waals surface area contributed by atoms with E-state index in [0.29, 0.717) is 12.0 Å². The molecule has 3 nitrogen and oxygen atoms in total. The molecule has 0 spiro atoms. The van der Waals surface area contributed by atoms with Crippen molar-refractivity contribution in [1.82, 2.24) is 0 Å². The average Bonchev–Trinajstić information content (AvgIpc) is 2.93. The van der Waals surface area contributed by atoms with Crippen LogP contribution in [0.5, 0.6) is 0 Å². The van der Waals surface area contributed by atoms with Crippen molar-refractivity contribution < 1.29 is 14.3 Å². The first kappa shape index (κ1) is 15.0. The fourth-order valence-corrected chi connectivity index (χ4v) is 1.88. The molecule has 1 aliphatic heterocycles. The Labute approximate surface area is 110 Å². The van der Waals surface area contributed by atoms with E-state index in [1.54, 1.807) is 6.08 Å². The fraction of sp³-hybridized carbons (Fsp3) is 0.667. The summed E-state index contributed by atoms with van der Waals surface area (Å²) in [7, 11) is 1.37. The van der Waals surface area contributed by atoms with Crippen LogP contribution >= 0.6 is 0 Å². The summed E-state index contributed by atoms with van der Waals surface area (Å²) in [5.41, 5.74) is 0.110. The van der Waals surface area contributed by atoms with Gasteiger partial charge in [-0.05, 0) is 39.0 Å². The Morgan fingerprint density at radius 2 is 2.11 bits per heavy atom. The topological polar surface area (TPSA) is 38.8 Å². The summed E-state index contributed by atoms with van der Waals surface area (Å²) in [6, 6.07) is 0. The van der Waals surface area contributed by atoms with E-state index in [1.807, 2.05) is 6.08 Å². The lowest BCUT2D eigenvalue weighted by atomic mass is 9.97. The van der Waals surface area contributed by atoms with Crippen molar-refractivity contribution in [2.45, 2.75) is 51.7 Å². The maximum absolute atomic E-state index is 10.8. The van der Waals surface area contributed by atoms with Gasteiger partial charge in [-0.25, -0.2) is 4.79 Å². The monoisotopic (exact) mass is 252 g/mol. The van der Waals surface area contributed by atoms with Gasteiger partial charge in [-0.2, -0.15) is 0 Å². The highest BCUT2D eigenvalue weighted by molar-refractivity contribution is 5.82. The van der Waals surface area contributed by atoms with Crippen LogP contribution in [0.15, 0.2) is 24.3 Å². The molecule has 1 aliphatic rings. The van der Waals surface area contributed by atoms with Gasteiger partial charge >= 0.3 is 5.97 Å². The van der Waals surface area contributed by atoms with Gasteiger partial charge in [0.15, 0.2) is 0 Å². The summed E-state index contributed by atoms with van der Waals surface area (Å²) < 4.78 is 10.1. The van der Waals surface area contributed by atoms with Crippen LogP contribution in [0.3, 0.4) is 0 Å². The highest BCUT2D eigenvalue weighted by Gasteiger charge is 2.46. The van der Waals surface area contributed by atoms with Crippen molar-refractivity contribution in [1.29, 1.82) is 0 Å². The summed E-state index contributed by atoms with van der Waals surface area (Å²) in [5, 5.41) is 0. The molecule has 1 fully saturated rings. The van der Waals surface area contributed by atoms with E-state index in [1.165, 1.54) is 19.6 Å². The van der Waals surface area contributed by atoms with Gasteiger partial charge in [-0.15, -0.1) is 0 Å². The zero-order valence-electron chi connectivity index (χ0n) is 11.8. The summed E-state index contributed by atoms with van der Waals surface area (Å²) in [4.78, 5) is 10.8. The third-order valence-electron chi connectivity index (χ3n) is 3.30. The zero-order valence-corrected chi connectivity index (χ0v) is 11.8. The number of epoxide rings is 1. The maximum atomic E-state index is 10.8. The van der Waals surface area contributed by atoms with Crippen molar-refractivity contribution >= 4 is 5.97 Å². The minimum atomic E-state index is -0.319. The molecule has 1 heterocycles. The Kier molecular flexibility index (Phi) is 5.60. The first-order valence-electron chi connectivity index (χ1n) is 6.54. The standard InChI is InChI=1S/C15H24O3/c1-12(10-11-13-15(2,3)18-13)8-6-5-7-9-14(16)17-4/h5-7,9,12-13H,8,10-11H2,1-4H3/b6-5+,9-7+. The maximum Gasteiger partial charge on any atom is 0.330 e. The first-order valence-corrected chi connectivity index (χ1v) is 6.54. The molecule has 102 valence electrons. The lowest BCUT2D eigenvalue weighted by Crippen LogP contribution is -2.04. The Morgan fingerprint density at radius 1 is 1.44 bits per heavy atom. The lowest BCUT2D eigenvalue weighted by molar-refractivity contribution is -0.134. The van der Waals surface area contributed by atoms with Crippen molar-refractivity contribution in [3.63, 3.8) is 0 Å². The SMILES string of the molecule is COC(=O)/C=C/C=C/CC(C)CCC1OC1(C)C. The van der Waals surface area contributed by atoms with Gasteiger partial charge < -0.3 is 9.47 Å². The normalized spacial score (nSPS) is 23.4. The number of rotatable bonds is 7. The van der Waals surface area contributed by atoms with Crippen molar-refractivity contribution in [3.05, 3.63) is 24.3 Å². The van der Waals surface area contributed by atoms with Crippen LogP contribution in [0.1, 0.15) is 40.0 Å². The van der Waals surface area contributed by atoms with E-state index in [4.69, 9.17) is 4.74 Å². The quantitative estimate of drug-likeness (QED) is 0.302. The van der Waals surface area contributed by atoms with Gasteiger partial charge in [-0.3, -0.25) is 0 Å². The Bertz CT molecular complexity index is 329. The molecule has 18 heavy (non-hydrogen) atoms. The number of carbonyl (C=O) groups excluding carboxylic acids is 1. The molecule has 1 saturated heterocycles. The summed E-state index contributed by atoms with van der Waals surface area (Å²) in [6.45, 7) is 6.52. The van der Waals surface area contributed by atoms with E-state index >= 15 is 0 Å². The molecule has 0 saturated carbocycles. The van der Waals surface area contributed by atoms with E-state index in [-0.39, 0.29) is 11.6 Å². The van der Waals surface area contributed by atoms with Crippen LogP contribution in [0.2, 0.25) is 0 Å². The Balaban J connectivity index is 2.09. The number of carbonyl (C=O) groups is 1. The predicted octanol–water partition coefficient (Wildman–Crippen LogP) is 3.26. The third-order valence-corrected chi connectivity index (χ3v) is 3.30. The van der Waals surface area contributed by atoms with Gasteiger partial charge in [0.1, 0.15) is 0 Å². The molecule has 2 atom stereocenters. The van der Waals surface area contributed by atoms with E-state index in [9.17, 15) is 4.79 Å². The predicted molar refractivity (Wildman–Crippen MR) is 72.3 cm³/mol. The van der Waals surface area contributed by atoms with Gasteiger partial charge in [-0.1, -0.05) is 25.2 Å². The van der Waals surface area contributed by atoms with Gasteiger partial charge in [0.2, 0.25) is 0 Å². The molecule has 0 amide bonds. The number of ether oxygens (including phenoxy) is 2. The smallest absolute Gasteiger partial charge is 0.330 e. The number of esters is 1. The van der Waals surface area contributed by atoms with E-state index in [0.717, 1.165) is 12.8 Å². The van der Waals surface area contributed by atoms with Crippen LogP contribution < -0.4 is 0 Å². The van der Waals surface area contributed by atoms with Crippen LogP contribution in [-0.4, -0.2) is 24.8 Å². The first-order chi connectivity index (χ1) is 8.45. The highest BCUT2D eigenvalue weighted by Crippen LogP contribution is 2.39. The molecule has 3 heteroatoms. The van der Waals surface area contributed by atoms with Crippen molar-refractivity contribution in [2.75, 3.05) is 7.11 Å². The third kappa shape index (κ3) is 5.50. The molecule has 0 aromatic carbocycles. The molecular weight excluding hydrogens is 228 g/mol. The minimum Gasteiger partial charge on any atom is -0.466 e. The van der Waals surface area contributed by atoms with Crippen molar-refractivity contribution in [2.24, 2.45) is 5.92 Å². The summed E-state index contributed by atoms with van der Waals surface area (Å²) in [5.74, 6) is 0.327. The molecule has 0 radical (unpaired) electrons. The highest BCUT2D eigenvalue weighted by atomic mass is 16.6. The van der Waals surface area contributed by atoms with Crippen LogP contribution in [0.4, 0.5) is 0 Å². The number of hydrogen-bond donors (Lipinski definition) is 0. The molecule has 0 aromatic rings. The lowest BCUT2D eigenvalue weighted by Gasteiger charge is -2.06. The number of hydrogen-bond acceptors (Lipinski definition) is 3. The second-order valence-electron chi connectivity index (χ2n) is 5.44. The molecule has 0 aliphatic carbocycles. The zero-order chi connectivity index (χ0) is 13.6. The van der Waals surface area contributed by atoms with Crippen LogP contribution in [0, 0.1) is 5.92 Å².